The predicted octanol–water partition coefficient (Wildman–Crippen LogP) is 2.35. The molecule has 7 heteroatoms. The molecule has 2 aromatic rings. The SMILES string of the molecule is CN(C)Cc1c(-c2ccc([N+](=O)[O-])cc2)c[nH]c1C(=O)O. The van der Waals surface area contributed by atoms with E-state index in [0.29, 0.717) is 12.1 Å². The number of hydrogen-bond donors (Lipinski definition) is 2. The minimum absolute atomic E-state index is 0.00176. The van der Waals surface area contributed by atoms with E-state index in [-0.39, 0.29) is 11.4 Å². The van der Waals surface area contributed by atoms with Gasteiger partial charge in [-0.25, -0.2) is 4.79 Å². The highest BCUT2D eigenvalue weighted by molar-refractivity contribution is 5.90. The fraction of sp³-hybridized carbons (Fsp3) is 0.214. The minimum atomic E-state index is -1.03. The molecule has 0 atom stereocenters. The molecule has 110 valence electrons. The molecule has 0 radical (unpaired) electrons. The predicted molar refractivity (Wildman–Crippen MR) is 77.2 cm³/mol. The molecule has 2 rings (SSSR count). The number of aromatic nitrogens is 1. The molecule has 0 aliphatic heterocycles. The summed E-state index contributed by atoms with van der Waals surface area (Å²) in [4.78, 5) is 26.1. The van der Waals surface area contributed by atoms with Crippen LogP contribution in [-0.4, -0.2) is 40.0 Å². The smallest absolute Gasteiger partial charge is 0.352 e. The third-order valence-corrected chi connectivity index (χ3v) is 3.07. The van der Waals surface area contributed by atoms with Gasteiger partial charge in [0.25, 0.3) is 5.69 Å². The Morgan fingerprint density at radius 2 is 1.95 bits per heavy atom. The van der Waals surface area contributed by atoms with Crippen LogP contribution >= 0.6 is 0 Å². The zero-order valence-electron chi connectivity index (χ0n) is 11.7. The van der Waals surface area contributed by atoms with Crippen LogP contribution in [0, 0.1) is 10.1 Å². The highest BCUT2D eigenvalue weighted by Gasteiger charge is 2.18. The van der Waals surface area contributed by atoms with E-state index in [4.69, 9.17) is 0 Å². The van der Waals surface area contributed by atoms with Gasteiger partial charge in [-0.3, -0.25) is 10.1 Å². The van der Waals surface area contributed by atoms with Crippen molar-refractivity contribution in [2.75, 3.05) is 14.1 Å². The van der Waals surface area contributed by atoms with Crippen molar-refractivity contribution in [1.29, 1.82) is 0 Å². The monoisotopic (exact) mass is 289 g/mol. The van der Waals surface area contributed by atoms with E-state index in [1.807, 2.05) is 19.0 Å². The van der Waals surface area contributed by atoms with Crippen LogP contribution in [-0.2, 0) is 6.54 Å². The van der Waals surface area contributed by atoms with Crippen molar-refractivity contribution in [2.45, 2.75) is 6.54 Å². The number of rotatable bonds is 5. The largest absolute Gasteiger partial charge is 0.477 e. The van der Waals surface area contributed by atoms with E-state index < -0.39 is 10.9 Å². The van der Waals surface area contributed by atoms with Crippen LogP contribution in [0.25, 0.3) is 11.1 Å². The molecule has 1 aromatic heterocycles. The Kier molecular flexibility index (Phi) is 4.04. The topological polar surface area (TPSA) is 99.5 Å². The third kappa shape index (κ3) is 3.09. The van der Waals surface area contributed by atoms with Gasteiger partial charge in [0.15, 0.2) is 0 Å². The number of carbonyl (C=O) groups is 1. The van der Waals surface area contributed by atoms with Crippen molar-refractivity contribution in [3.63, 3.8) is 0 Å². The van der Waals surface area contributed by atoms with Gasteiger partial charge in [0.1, 0.15) is 5.69 Å². The highest BCUT2D eigenvalue weighted by atomic mass is 16.6. The molecule has 0 saturated carbocycles. The lowest BCUT2D eigenvalue weighted by molar-refractivity contribution is -0.384. The first-order valence-corrected chi connectivity index (χ1v) is 6.23. The molecule has 0 spiro atoms. The molecule has 0 bridgehead atoms. The summed E-state index contributed by atoms with van der Waals surface area (Å²) >= 11 is 0. The van der Waals surface area contributed by atoms with Crippen molar-refractivity contribution in [1.82, 2.24) is 9.88 Å². The number of nitro benzene ring substituents is 1. The molecule has 0 aliphatic carbocycles. The quantitative estimate of drug-likeness (QED) is 0.650. The Labute approximate surface area is 121 Å². The number of benzene rings is 1. The molecule has 2 N–H and O–H groups in total. The third-order valence-electron chi connectivity index (χ3n) is 3.07. The molecule has 0 saturated heterocycles. The van der Waals surface area contributed by atoms with E-state index in [9.17, 15) is 20.0 Å². The number of carboxylic acids is 1. The van der Waals surface area contributed by atoms with Gasteiger partial charge in [-0.15, -0.1) is 0 Å². The average molecular weight is 289 g/mol. The molecule has 0 aliphatic rings. The second-order valence-electron chi connectivity index (χ2n) is 4.90. The number of aromatic amines is 1. The summed E-state index contributed by atoms with van der Waals surface area (Å²) in [6, 6.07) is 6.04. The highest BCUT2D eigenvalue weighted by Crippen LogP contribution is 2.28. The Hall–Kier alpha value is -2.67. The maximum atomic E-state index is 11.3. The number of nitro groups is 1. The molecule has 7 nitrogen and oxygen atoms in total. The molecular weight excluding hydrogens is 274 g/mol. The van der Waals surface area contributed by atoms with Gasteiger partial charge in [-0.2, -0.15) is 0 Å². The molecule has 0 fully saturated rings. The summed E-state index contributed by atoms with van der Waals surface area (Å²) in [7, 11) is 3.69. The molecule has 1 aromatic carbocycles. The second kappa shape index (κ2) is 5.76. The molecule has 0 unspecified atom stereocenters. The van der Waals surface area contributed by atoms with Crippen molar-refractivity contribution in [3.8, 4) is 11.1 Å². The second-order valence-corrected chi connectivity index (χ2v) is 4.90. The molecule has 21 heavy (non-hydrogen) atoms. The van der Waals surface area contributed by atoms with Crippen molar-refractivity contribution >= 4 is 11.7 Å². The van der Waals surface area contributed by atoms with E-state index in [2.05, 4.69) is 4.98 Å². The summed E-state index contributed by atoms with van der Waals surface area (Å²) in [5.41, 5.74) is 2.26. The summed E-state index contributed by atoms with van der Waals surface area (Å²) in [6.07, 6.45) is 1.61. The number of hydrogen-bond acceptors (Lipinski definition) is 4. The number of nitrogens with zero attached hydrogens (tertiary/aromatic N) is 2. The van der Waals surface area contributed by atoms with Crippen LogP contribution in [0.4, 0.5) is 5.69 Å². The lowest BCUT2D eigenvalue weighted by Gasteiger charge is -2.11. The Morgan fingerprint density at radius 3 is 2.43 bits per heavy atom. The molecule has 0 amide bonds. The standard InChI is InChI=1S/C14H15N3O4/c1-16(2)8-12-11(7-15-13(12)14(18)19)9-3-5-10(6-4-9)17(20)21/h3-7,15H,8H2,1-2H3,(H,18,19). The van der Waals surface area contributed by atoms with Gasteiger partial charge in [0, 0.05) is 36.0 Å². The zero-order chi connectivity index (χ0) is 15.6. The zero-order valence-corrected chi connectivity index (χ0v) is 11.7. The minimum Gasteiger partial charge on any atom is -0.477 e. The first-order valence-electron chi connectivity index (χ1n) is 6.23. The van der Waals surface area contributed by atoms with Gasteiger partial charge in [0.2, 0.25) is 0 Å². The summed E-state index contributed by atoms with van der Waals surface area (Å²) in [5.74, 6) is -1.03. The maximum absolute atomic E-state index is 11.3. The normalized spacial score (nSPS) is 10.8. The number of aromatic carboxylic acids is 1. The van der Waals surface area contributed by atoms with Crippen LogP contribution in [0.5, 0.6) is 0 Å². The van der Waals surface area contributed by atoms with Crippen molar-refractivity contribution in [2.24, 2.45) is 0 Å². The van der Waals surface area contributed by atoms with Crippen molar-refractivity contribution < 1.29 is 14.8 Å². The Morgan fingerprint density at radius 1 is 1.33 bits per heavy atom. The van der Waals surface area contributed by atoms with E-state index in [1.54, 1.807) is 18.3 Å². The van der Waals surface area contributed by atoms with Gasteiger partial charge < -0.3 is 15.0 Å². The lowest BCUT2D eigenvalue weighted by atomic mass is 10.0. The van der Waals surface area contributed by atoms with Crippen LogP contribution in [0.15, 0.2) is 30.5 Å². The molecule has 1 heterocycles. The first-order chi connectivity index (χ1) is 9.90. The van der Waals surface area contributed by atoms with Gasteiger partial charge in [-0.1, -0.05) is 0 Å². The van der Waals surface area contributed by atoms with E-state index in [1.165, 1.54) is 12.1 Å². The van der Waals surface area contributed by atoms with E-state index in [0.717, 1.165) is 11.1 Å². The fourth-order valence-corrected chi connectivity index (χ4v) is 2.14. The van der Waals surface area contributed by atoms with E-state index >= 15 is 0 Å². The van der Waals surface area contributed by atoms with Crippen LogP contribution in [0.2, 0.25) is 0 Å². The van der Waals surface area contributed by atoms with Crippen LogP contribution < -0.4 is 0 Å². The Bertz CT molecular complexity index is 674. The number of non-ortho nitro benzene ring substituents is 1. The van der Waals surface area contributed by atoms with Crippen molar-refractivity contribution in [3.05, 3.63) is 51.8 Å². The first kappa shape index (κ1) is 14.7. The van der Waals surface area contributed by atoms with Gasteiger partial charge in [-0.05, 0) is 31.8 Å². The lowest BCUT2D eigenvalue weighted by Crippen LogP contribution is -2.14. The maximum Gasteiger partial charge on any atom is 0.352 e. The van der Waals surface area contributed by atoms with Crippen LogP contribution in [0.1, 0.15) is 16.1 Å². The van der Waals surface area contributed by atoms with Crippen LogP contribution in [0.3, 0.4) is 0 Å². The molecular formula is C14H15N3O4. The summed E-state index contributed by atoms with van der Waals surface area (Å²) < 4.78 is 0. The van der Waals surface area contributed by atoms with Gasteiger partial charge >= 0.3 is 5.97 Å². The fourth-order valence-electron chi connectivity index (χ4n) is 2.14. The average Bonchev–Trinajstić information content (AvgIpc) is 2.81. The number of H-pyrrole nitrogens is 1. The summed E-state index contributed by atoms with van der Waals surface area (Å²) in [6.45, 7) is 0.456. The number of nitrogens with one attached hydrogen (secondary N) is 1. The summed E-state index contributed by atoms with van der Waals surface area (Å²) in [5, 5.41) is 19.9. The number of carboxylic acid groups (broad SMARTS) is 1. The van der Waals surface area contributed by atoms with Gasteiger partial charge in [0.05, 0.1) is 4.92 Å². The Balaban J connectivity index is 2.47.